The van der Waals surface area contributed by atoms with Gasteiger partial charge in [0, 0.05) is 6.54 Å². The van der Waals surface area contributed by atoms with E-state index in [1.807, 2.05) is 0 Å². The van der Waals surface area contributed by atoms with E-state index in [0.29, 0.717) is 12.2 Å². The Morgan fingerprint density at radius 1 is 1.33 bits per heavy atom. The summed E-state index contributed by atoms with van der Waals surface area (Å²) in [4.78, 5) is 12.3. The summed E-state index contributed by atoms with van der Waals surface area (Å²) in [7, 11) is -3.60. The number of sulfonamides is 1. The summed E-state index contributed by atoms with van der Waals surface area (Å²) in [6, 6.07) is 6.18. The Kier molecular flexibility index (Phi) is 5.33. The lowest BCUT2D eigenvalue weighted by Gasteiger charge is -2.23. The van der Waals surface area contributed by atoms with Crippen LogP contribution in [0.1, 0.15) is 26.2 Å². The van der Waals surface area contributed by atoms with Crippen LogP contribution in [0.5, 0.6) is 0 Å². The Bertz CT molecular complexity index is 595. The molecule has 1 saturated heterocycles. The van der Waals surface area contributed by atoms with Gasteiger partial charge in [-0.15, -0.1) is 0 Å². The van der Waals surface area contributed by atoms with Crippen LogP contribution in [0, 0.1) is 0 Å². The minimum atomic E-state index is -3.60. The van der Waals surface area contributed by atoms with Crippen molar-refractivity contribution in [1.29, 1.82) is 0 Å². The first-order valence-corrected chi connectivity index (χ1v) is 8.66. The average molecular weight is 311 g/mol. The van der Waals surface area contributed by atoms with Crippen LogP contribution < -0.4 is 15.4 Å². The molecule has 1 aromatic rings. The van der Waals surface area contributed by atoms with Gasteiger partial charge in [0.1, 0.15) is 4.90 Å². The van der Waals surface area contributed by atoms with Crippen molar-refractivity contribution >= 4 is 21.6 Å². The zero-order valence-electron chi connectivity index (χ0n) is 12.1. The van der Waals surface area contributed by atoms with Crippen molar-refractivity contribution in [1.82, 2.24) is 10.0 Å². The molecule has 0 aromatic heterocycles. The van der Waals surface area contributed by atoms with Gasteiger partial charge < -0.3 is 10.6 Å². The second kappa shape index (κ2) is 7.02. The highest BCUT2D eigenvalue weighted by Gasteiger charge is 2.23. The third-order valence-corrected chi connectivity index (χ3v) is 5.00. The minimum absolute atomic E-state index is 0.0935. The van der Waals surface area contributed by atoms with E-state index in [1.54, 1.807) is 25.1 Å². The Balaban J connectivity index is 2.18. The van der Waals surface area contributed by atoms with Crippen molar-refractivity contribution in [2.24, 2.45) is 0 Å². The summed E-state index contributed by atoms with van der Waals surface area (Å²) >= 11 is 0. The summed E-state index contributed by atoms with van der Waals surface area (Å²) in [6.07, 6.45) is 2.84. The van der Waals surface area contributed by atoms with Gasteiger partial charge in [0.2, 0.25) is 15.9 Å². The molecular weight excluding hydrogens is 290 g/mol. The molecule has 1 atom stereocenters. The molecule has 0 aliphatic carbocycles. The maximum absolute atomic E-state index is 12.2. The molecule has 1 fully saturated rings. The van der Waals surface area contributed by atoms with E-state index in [0.717, 1.165) is 25.8 Å². The van der Waals surface area contributed by atoms with E-state index in [-0.39, 0.29) is 16.8 Å². The molecule has 2 rings (SSSR count). The fourth-order valence-corrected chi connectivity index (χ4v) is 3.57. The van der Waals surface area contributed by atoms with Crippen LogP contribution in [0.15, 0.2) is 29.2 Å². The van der Waals surface area contributed by atoms with E-state index in [1.165, 1.54) is 6.07 Å². The molecule has 0 spiro atoms. The summed E-state index contributed by atoms with van der Waals surface area (Å²) in [6.45, 7) is 2.83. The molecular formula is C14H21N3O3S. The molecule has 1 unspecified atom stereocenters. The smallest absolute Gasteiger partial charge is 0.242 e. The number of nitrogens with one attached hydrogen (secondary N) is 3. The Morgan fingerprint density at radius 3 is 2.76 bits per heavy atom. The predicted molar refractivity (Wildman–Crippen MR) is 81.6 cm³/mol. The number of carbonyl (C=O) groups is 1. The normalized spacial score (nSPS) is 19.2. The zero-order chi connectivity index (χ0) is 15.3. The minimum Gasteiger partial charge on any atom is -0.324 e. The molecule has 1 aliphatic heterocycles. The van der Waals surface area contributed by atoms with E-state index in [4.69, 9.17) is 0 Å². The molecule has 7 heteroatoms. The van der Waals surface area contributed by atoms with Crippen molar-refractivity contribution in [3.63, 3.8) is 0 Å². The van der Waals surface area contributed by atoms with Gasteiger partial charge in [-0.05, 0) is 31.5 Å². The van der Waals surface area contributed by atoms with Crippen LogP contribution in [0.4, 0.5) is 5.69 Å². The van der Waals surface area contributed by atoms with Crippen LogP contribution in [0.3, 0.4) is 0 Å². The second-order valence-electron chi connectivity index (χ2n) is 4.99. The number of piperidine rings is 1. The van der Waals surface area contributed by atoms with E-state index in [2.05, 4.69) is 15.4 Å². The van der Waals surface area contributed by atoms with E-state index < -0.39 is 10.0 Å². The predicted octanol–water partition coefficient (Wildman–Crippen LogP) is 1.07. The van der Waals surface area contributed by atoms with Gasteiger partial charge in [-0.1, -0.05) is 25.5 Å². The summed E-state index contributed by atoms with van der Waals surface area (Å²) < 4.78 is 26.7. The standard InChI is InChI=1S/C14H21N3O3S/c1-2-16-21(19,20)13-9-4-3-7-11(13)17-14(18)12-8-5-6-10-15-12/h3-4,7,9,12,15-16H,2,5-6,8,10H2,1H3,(H,17,18). The first kappa shape index (κ1) is 15.9. The highest BCUT2D eigenvalue weighted by Crippen LogP contribution is 2.21. The number of carbonyl (C=O) groups excluding carboxylic acids is 1. The molecule has 0 radical (unpaired) electrons. The van der Waals surface area contributed by atoms with Gasteiger partial charge >= 0.3 is 0 Å². The maximum Gasteiger partial charge on any atom is 0.242 e. The molecule has 1 amide bonds. The van der Waals surface area contributed by atoms with Crippen LogP contribution in [0.25, 0.3) is 0 Å². The van der Waals surface area contributed by atoms with Crippen LogP contribution in [-0.2, 0) is 14.8 Å². The van der Waals surface area contributed by atoms with Crippen molar-refractivity contribution in [3.8, 4) is 0 Å². The Hall–Kier alpha value is -1.44. The number of amides is 1. The number of hydrogen-bond acceptors (Lipinski definition) is 4. The second-order valence-corrected chi connectivity index (χ2v) is 6.72. The summed E-state index contributed by atoms with van der Waals surface area (Å²) in [5.74, 6) is -0.186. The topological polar surface area (TPSA) is 87.3 Å². The number of hydrogen-bond donors (Lipinski definition) is 3. The van der Waals surface area contributed by atoms with E-state index >= 15 is 0 Å². The van der Waals surface area contributed by atoms with Gasteiger partial charge in [-0.3, -0.25) is 4.79 Å². The quantitative estimate of drug-likeness (QED) is 0.759. The van der Waals surface area contributed by atoms with Gasteiger partial charge in [0.05, 0.1) is 11.7 Å². The molecule has 1 aromatic carbocycles. The van der Waals surface area contributed by atoms with Gasteiger partial charge in [0.15, 0.2) is 0 Å². The van der Waals surface area contributed by atoms with E-state index in [9.17, 15) is 13.2 Å². The monoisotopic (exact) mass is 311 g/mol. The number of benzene rings is 1. The third kappa shape index (κ3) is 4.03. The summed E-state index contributed by atoms with van der Waals surface area (Å²) in [5.41, 5.74) is 0.316. The van der Waals surface area contributed by atoms with Crippen molar-refractivity contribution in [2.75, 3.05) is 18.4 Å². The molecule has 0 bridgehead atoms. The SMILES string of the molecule is CCNS(=O)(=O)c1ccccc1NC(=O)C1CCCCN1. The lowest BCUT2D eigenvalue weighted by Crippen LogP contribution is -2.43. The van der Waals surface area contributed by atoms with Gasteiger partial charge in [0.25, 0.3) is 0 Å². The van der Waals surface area contributed by atoms with Crippen LogP contribution >= 0.6 is 0 Å². The first-order chi connectivity index (χ1) is 10.0. The lowest BCUT2D eigenvalue weighted by molar-refractivity contribution is -0.118. The van der Waals surface area contributed by atoms with Crippen molar-refractivity contribution in [2.45, 2.75) is 37.1 Å². The fourth-order valence-electron chi connectivity index (χ4n) is 2.37. The third-order valence-electron chi connectivity index (χ3n) is 3.40. The first-order valence-electron chi connectivity index (χ1n) is 7.17. The molecule has 3 N–H and O–H groups in total. The highest BCUT2D eigenvalue weighted by atomic mass is 32.2. The molecule has 1 aliphatic rings. The van der Waals surface area contributed by atoms with Crippen LogP contribution in [0.2, 0.25) is 0 Å². The number of para-hydroxylation sites is 1. The fraction of sp³-hybridized carbons (Fsp3) is 0.500. The summed E-state index contributed by atoms with van der Waals surface area (Å²) in [5, 5.41) is 5.87. The number of rotatable bonds is 5. The van der Waals surface area contributed by atoms with Gasteiger partial charge in [-0.2, -0.15) is 0 Å². The van der Waals surface area contributed by atoms with Gasteiger partial charge in [-0.25, -0.2) is 13.1 Å². The molecule has 1 heterocycles. The molecule has 0 saturated carbocycles. The zero-order valence-corrected chi connectivity index (χ0v) is 12.9. The van der Waals surface area contributed by atoms with Crippen molar-refractivity contribution < 1.29 is 13.2 Å². The lowest BCUT2D eigenvalue weighted by atomic mass is 10.0. The number of anilines is 1. The Labute approximate surface area is 125 Å². The molecule has 6 nitrogen and oxygen atoms in total. The Morgan fingerprint density at radius 2 is 2.10 bits per heavy atom. The molecule has 21 heavy (non-hydrogen) atoms. The maximum atomic E-state index is 12.2. The molecule has 116 valence electrons. The average Bonchev–Trinajstić information content (AvgIpc) is 2.48. The van der Waals surface area contributed by atoms with Crippen LogP contribution in [-0.4, -0.2) is 33.5 Å². The largest absolute Gasteiger partial charge is 0.324 e. The highest BCUT2D eigenvalue weighted by molar-refractivity contribution is 7.89. The van der Waals surface area contributed by atoms with Crippen molar-refractivity contribution in [3.05, 3.63) is 24.3 Å².